The minimum Gasteiger partial charge on any atom is -0.486 e. The maximum atomic E-state index is 13.6. The third-order valence-electron chi connectivity index (χ3n) is 6.93. The van der Waals surface area contributed by atoms with Crippen molar-refractivity contribution < 1.29 is 32.2 Å². The first-order chi connectivity index (χ1) is 19.5. The monoisotopic (exact) mass is 584 g/mol. The van der Waals surface area contributed by atoms with E-state index >= 15 is 0 Å². The lowest BCUT2D eigenvalue weighted by molar-refractivity contribution is 0.0389. The number of carbonyl (C=O) groups excluding carboxylic acids is 2. The number of aliphatic hydroxyl groups is 1. The first-order valence-electron chi connectivity index (χ1n) is 13.1. The van der Waals surface area contributed by atoms with Crippen LogP contribution in [0.5, 0.6) is 5.75 Å². The first-order valence-corrected chi connectivity index (χ1v) is 14.5. The van der Waals surface area contributed by atoms with E-state index in [1.807, 2.05) is 6.92 Å². The van der Waals surface area contributed by atoms with Gasteiger partial charge in [-0.1, -0.05) is 31.2 Å². The fourth-order valence-corrected chi connectivity index (χ4v) is 5.71. The van der Waals surface area contributed by atoms with Gasteiger partial charge in [-0.25, -0.2) is 17.6 Å². The number of likely N-dealkylation sites (N-methyl/N-ethyl adjacent to an activating group) is 1. The highest BCUT2D eigenvalue weighted by molar-refractivity contribution is 7.89. The van der Waals surface area contributed by atoms with Crippen molar-refractivity contribution in [1.82, 2.24) is 9.21 Å². The number of sulfonamides is 1. The molecule has 0 bridgehead atoms. The van der Waals surface area contributed by atoms with E-state index in [1.54, 1.807) is 43.3 Å². The molecule has 0 fully saturated rings. The summed E-state index contributed by atoms with van der Waals surface area (Å²) in [6, 6.07) is 16.8. The molecule has 3 aromatic carbocycles. The van der Waals surface area contributed by atoms with Gasteiger partial charge in [-0.3, -0.25) is 4.79 Å². The molecule has 1 heterocycles. The summed E-state index contributed by atoms with van der Waals surface area (Å²) in [5, 5.41) is 15.2. The number of nitrogens with one attached hydrogen (secondary N) is 2. The van der Waals surface area contributed by atoms with Crippen LogP contribution in [0.1, 0.15) is 24.2 Å². The van der Waals surface area contributed by atoms with Gasteiger partial charge in [-0.2, -0.15) is 4.31 Å². The molecular weight excluding hydrogens is 551 g/mol. The fraction of sp³-hybridized carbons (Fsp3) is 0.310. The lowest BCUT2D eigenvalue weighted by Gasteiger charge is -2.38. The number of halogens is 1. The zero-order valence-corrected chi connectivity index (χ0v) is 23.8. The summed E-state index contributed by atoms with van der Waals surface area (Å²) in [7, 11) is -2.39. The predicted octanol–water partition coefficient (Wildman–Crippen LogP) is 4.01. The number of fused-ring (bicyclic) bond motifs is 1. The number of carbonyl (C=O) groups is 2. The van der Waals surface area contributed by atoms with Gasteiger partial charge in [-0.05, 0) is 55.5 Å². The number of hydrogen-bond donors (Lipinski definition) is 3. The number of hydrogen-bond acceptors (Lipinski definition) is 6. The summed E-state index contributed by atoms with van der Waals surface area (Å²) >= 11 is 0. The Labute approximate surface area is 238 Å². The number of para-hydroxylation sites is 1. The van der Waals surface area contributed by atoms with Crippen molar-refractivity contribution in [3.05, 3.63) is 84.2 Å². The van der Waals surface area contributed by atoms with E-state index in [0.29, 0.717) is 5.69 Å². The number of nitrogens with zero attached hydrogens (tertiary/aromatic N) is 2. The second kappa shape index (κ2) is 12.7. The van der Waals surface area contributed by atoms with Crippen LogP contribution in [0.3, 0.4) is 0 Å². The molecule has 0 saturated carbocycles. The molecule has 0 aliphatic carbocycles. The molecule has 3 atom stereocenters. The number of amides is 3. The minimum absolute atomic E-state index is 0.0521. The predicted molar refractivity (Wildman–Crippen MR) is 153 cm³/mol. The molecule has 0 unspecified atom stereocenters. The van der Waals surface area contributed by atoms with Gasteiger partial charge in [0.25, 0.3) is 5.91 Å². The Hall–Kier alpha value is -4.00. The summed E-state index contributed by atoms with van der Waals surface area (Å²) in [4.78, 5) is 28.1. The molecule has 0 aromatic heterocycles. The normalized spacial score (nSPS) is 18.1. The Morgan fingerprint density at radius 3 is 2.44 bits per heavy atom. The summed E-state index contributed by atoms with van der Waals surface area (Å²) < 4.78 is 47.4. The van der Waals surface area contributed by atoms with E-state index in [0.717, 1.165) is 0 Å². The van der Waals surface area contributed by atoms with Crippen LogP contribution in [-0.2, 0) is 10.0 Å². The van der Waals surface area contributed by atoms with Crippen LogP contribution >= 0.6 is 0 Å². The molecule has 0 radical (unpaired) electrons. The zero-order chi connectivity index (χ0) is 29.7. The molecule has 0 spiro atoms. The van der Waals surface area contributed by atoms with E-state index in [1.165, 1.54) is 52.7 Å². The van der Waals surface area contributed by atoms with Gasteiger partial charge in [0.15, 0.2) is 5.75 Å². The number of ether oxygens (including phenoxy) is 1. The lowest BCUT2D eigenvalue weighted by Crippen LogP contribution is -2.50. The molecule has 4 rings (SSSR count). The smallest absolute Gasteiger partial charge is 0.323 e. The van der Waals surface area contributed by atoms with Crippen LogP contribution in [0.25, 0.3) is 0 Å². The maximum Gasteiger partial charge on any atom is 0.323 e. The Balaban J connectivity index is 1.68. The Morgan fingerprint density at radius 1 is 1.10 bits per heavy atom. The van der Waals surface area contributed by atoms with Crippen molar-refractivity contribution in [3.63, 3.8) is 0 Å². The number of anilines is 2. The van der Waals surface area contributed by atoms with Gasteiger partial charge in [0.1, 0.15) is 11.9 Å². The van der Waals surface area contributed by atoms with Gasteiger partial charge < -0.3 is 25.4 Å². The van der Waals surface area contributed by atoms with Crippen molar-refractivity contribution >= 4 is 33.3 Å². The van der Waals surface area contributed by atoms with E-state index in [2.05, 4.69) is 10.6 Å². The van der Waals surface area contributed by atoms with Crippen LogP contribution in [0, 0.1) is 11.7 Å². The van der Waals surface area contributed by atoms with Crippen LogP contribution in [-0.4, -0.2) is 73.6 Å². The highest BCUT2D eigenvalue weighted by Crippen LogP contribution is 2.35. The summed E-state index contributed by atoms with van der Waals surface area (Å²) in [5.41, 5.74) is 0.678. The fourth-order valence-electron chi connectivity index (χ4n) is 4.50. The summed E-state index contributed by atoms with van der Waals surface area (Å²) in [5.74, 6) is -1.15. The highest BCUT2D eigenvalue weighted by atomic mass is 32.2. The summed E-state index contributed by atoms with van der Waals surface area (Å²) in [6.45, 7) is 3.42. The molecule has 1 aliphatic heterocycles. The van der Waals surface area contributed by atoms with Crippen molar-refractivity contribution in [3.8, 4) is 5.75 Å². The molecular formula is C29H33FN4O6S. The Bertz CT molecular complexity index is 1490. The third kappa shape index (κ3) is 6.84. The molecule has 12 heteroatoms. The van der Waals surface area contributed by atoms with Crippen LogP contribution in [0.15, 0.2) is 77.7 Å². The van der Waals surface area contributed by atoms with Crippen LogP contribution < -0.4 is 15.4 Å². The van der Waals surface area contributed by atoms with Crippen molar-refractivity contribution in [2.75, 3.05) is 37.4 Å². The number of benzene rings is 3. The van der Waals surface area contributed by atoms with E-state index in [4.69, 9.17) is 4.74 Å². The van der Waals surface area contributed by atoms with Gasteiger partial charge in [0.2, 0.25) is 10.0 Å². The molecule has 41 heavy (non-hydrogen) atoms. The van der Waals surface area contributed by atoms with E-state index < -0.39 is 39.9 Å². The quantitative estimate of drug-likeness (QED) is 0.367. The molecule has 0 saturated heterocycles. The standard InChI is InChI=1S/C29H33FN4O6S/c1-19-16-34(20(2)18-35)28(36)24-10-7-11-25(32-29(37)31-22-14-12-21(30)13-15-22)27(24)40-26(19)17-33(3)41(38,39)23-8-5-4-6-9-23/h4-15,19-20,26,35H,16-18H2,1-3H3,(H2,31,32,37)/t19-,20+,26+/m1/s1. The SMILES string of the molecule is C[C@@H]1CN([C@@H](C)CO)C(=O)c2cccc(NC(=O)Nc3ccc(F)cc3)c2O[C@H]1CN(C)S(=O)(=O)c1ccccc1. The minimum atomic E-state index is -3.85. The van der Waals surface area contributed by atoms with Crippen LogP contribution in [0.4, 0.5) is 20.6 Å². The van der Waals surface area contributed by atoms with Gasteiger partial charge in [-0.15, -0.1) is 0 Å². The van der Waals surface area contributed by atoms with Crippen LogP contribution in [0.2, 0.25) is 0 Å². The van der Waals surface area contributed by atoms with Gasteiger partial charge >= 0.3 is 6.03 Å². The Kier molecular flexibility index (Phi) is 9.26. The molecule has 1 aliphatic rings. The van der Waals surface area contributed by atoms with Crippen molar-refractivity contribution in [1.29, 1.82) is 0 Å². The average molecular weight is 585 g/mol. The van der Waals surface area contributed by atoms with E-state index in [9.17, 15) is 27.5 Å². The average Bonchev–Trinajstić information content (AvgIpc) is 2.96. The van der Waals surface area contributed by atoms with Gasteiger partial charge in [0, 0.05) is 25.2 Å². The number of rotatable bonds is 8. The number of urea groups is 1. The lowest BCUT2D eigenvalue weighted by atomic mass is 9.99. The molecule has 3 aromatic rings. The topological polar surface area (TPSA) is 128 Å². The molecule has 3 amide bonds. The molecule has 3 N–H and O–H groups in total. The molecule has 218 valence electrons. The highest BCUT2D eigenvalue weighted by Gasteiger charge is 2.36. The summed E-state index contributed by atoms with van der Waals surface area (Å²) in [6.07, 6.45) is -0.734. The Morgan fingerprint density at radius 2 is 1.78 bits per heavy atom. The van der Waals surface area contributed by atoms with Crippen molar-refractivity contribution in [2.45, 2.75) is 30.9 Å². The largest absolute Gasteiger partial charge is 0.486 e. The zero-order valence-electron chi connectivity index (χ0n) is 23.0. The second-order valence-corrected chi connectivity index (χ2v) is 12.0. The maximum absolute atomic E-state index is 13.6. The number of aliphatic hydroxyl groups excluding tert-OH is 1. The van der Waals surface area contributed by atoms with Crippen molar-refractivity contribution in [2.24, 2.45) is 5.92 Å². The van der Waals surface area contributed by atoms with E-state index in [-0.39, 0.29) is 47.5 Å². The molecule has 10 nitrogen and oxygen atoms in total. The van der Waals surface area contributed by atoms with Gasteiger partial charge in [0.05, 0.1) is 35.3 Å². The third-order valence-corrected chi connectivity index (χ3v) is 8.77. The first kappa shape index (κ1) is 30.0. The second-order valence-electron chi connectivity index (χ2n) is 9.99.